The first-order chi connectivity index (χ1) is 8.60. The van der Waals surface area contributed by atoms with Crippen molar-refractivity contribution in [2.45, 2.75) is 33.3 Å². The van der Waals surface area contributed by atoms with Crippen LogP contribution in [0.15, 0.2) is 12.1 Å². The van der Waals surface area contributed by atoms with Gasteiger partial charge in [0, 0.05) is 5.56 Å². The minimum absolute atomic E-state index is 0.232. The van der Waals surface area contributed by atoms with Crippen LogP contribution in [-0.4, -0.2) is 17.5 Å². The SMILES string of the molecule is CC(=O)c1cc(Cl)c(Cl)cc1NC(=O)OC(C)(C)C. The molecule has 19 heavy (non-hydrogen) atoms. The Balaban J connectivity index is 3.03. The van der Waals surface area contributed by atoms with Gasteiger partial charge in [0.1, 0.15) is 5.60 Å². The van der Waals surface area contributed by atoms with Crippen molar-refractivity contribution in [2.24, 2.45) is 0 Å². The molecule has 0 aliphatic rings. The van der Waals surface area contributed by atoms with E-state index >= 15 is 0 Å². The van der Waals surface area contributed by atoms with Gasteiger partial charge in [0.2, 0.25) is 0 Å². The van der Waals surface area contributed by atoms with E-state index in [2.05, 4.69) is 5.32 Å². The highest BCUT2D eigenvalue weighted by Gasteiger charge is 2.19. The lowest BCUT2D eigenvalue weighted by Crippen LogP contribution is -2.27. The lowest BCUT2D eigenvalue weighted by atomic mass is 10.1. The van der Waals surface area contributed by atoms with Crippen LogP contribution >= 0.6 is 23.2 Å². The molecule has 0 unspecified atom stereocenters. The molecule has 0 atom stereocenters. The molecular formula is C13H15Cl2NO3. The number of Topliss-reactive ketones (excluding diaryl/α,β-unsaturated/α-hetero) is 1. The average Bonchev–Trinajstić information content (AvgIpc) is 2.19. The van der Waals surface area contributed by atoms with Crippen LogP contribution in [-0.2, 0) is 4.74 Å². The molecule has 104 valence electrons. The van der Waals surface area contributed by atoms with E-state index in [9.17, 15) is 9.59 Å². The minimum atomic E-state index is -0.659. The number of amides is 1. The van der Waals surface area contributed by atoms with E-state index in [1.807, 2.05) is 0 Å². The molecule has 1 aromatic rings. The molecule has 1 amide bonds. The molecule has 0 spiro atoms. The number of carbonyl (C=O) groups is 2. The predicted octanol–water partition coefficient (Wildman–Crippen LogP) is 4.54. The van der Waals surface area contributed by atoms with Gasteiger partial charge >= 0.3 is 6.09 Å². The van der Waals surface area contributed by atoms with Gasteiger partial charge < -0.3 is 4.74 Å². The van der Waals surface area contributed by atoms with Crippen LogP contribution in [0.5, 0.6) is 0 Å². The lowest BCUT2D eigenvalue weighted by molar-refractivity contribution is 0.0636. The summed E-state index contributed by atoms with van der Waals surface area (Å²) in [6.45, 7) is 6.60. The second-order valence-corrected chi connectivity index (χ2v) is 5.81. The van der Waals surface area contributed by atoms with Crippen molar-refractivity contribution < 1.29 is 14.3 Å². The van der Waals surface area contributed by atoms with Crippen LogP contribution in [0.3, 0.4) is 0 Å². The zero-order valence-corrected chi connectivity index (χ0v) is 12.6. The predicted molar refractivity (Wildman–Crippen MR) is 76.3 cm³/mol. The molecule has 0 bridgehead atoms. The zero-order chi connectivity index (χ0) is 14.8. The van der Waals surface area contributed by atoms with E-state index in [4.69, 9.17) is 27.9 Å². The molecule has 6 heteroatoms. The van der Waals surface area contributed by atoms with E-state index in [0.29, 0.717) is 0 Å². The molecule has 0 fully saturated rings. The summed E-state index contributed by atoms with van der Waals surface area (Å²) in [5.74, 6) is -0.232. The number of ketones is 1. The fourth-order valence-corrected chi connectivity index (χ4v) is 1.68. The molecule has 1 rings (SSSR count). The number of rotatable bonds is 2. The van der Waals surface area contributed by atoms with Crippen molar-refractivity contribution in [3.8, 4) is 0 Å². The van der Waals surface area contributed by atoms with Gasteiger partial charge in [-0.05, 0) is 39.8 Å². The Kier molecular flexibility index (Phi) is 4.82. The van der Waals surface area contributed by atoms with Gasteiger partial charge in [0.15, 0.2) is 5.78 Å². The smallest absolute Gasteiger partial charge is 0.412 e. The minimum Gasteiger partial charge on any atom is -0.444 e. The fraction of sp³-hybridized carbons (Fsp3) is 0.385. The molecule has 1 N–H and O–H groups in total. The van der Waals surface area contributed by atoms with E-state index in [0.717, 1.165) is 0 Å². The lowest BCUT2D eigenvalue weighted by Gasteiger charge is -2.20. The molecule has 0 aliphatic heterocycles. The first-order valence-corrected chi connectivity index (χ1v) is 6.36. The molecule has 0 saturated heterocycles. The number of carbonyl (C=O) groups excluding carboxylic acids is 2. The Morgan fingerprint density at radius 1 is 1.16 bits per heavy atom. The van der Waals surface area contributed by atoms with Gasteiger partial charge in [-0.15, -0.1) is 0 Å². The van der Waals surface area contributed by atoms with Crippen molar-refractivity contribution in [1.29, 1.82) is 0 Å². The third kappa shape index (κ3) is 4.73. The summed E-state index contributed by atoms with van der Waals surface area (Å²) in [5, 5.41) is 2.99. The van der Waals surface area contributed by atoms with Gasteiger partial charge in [0.25, 0.3) is 0 Å². The van der Waals surface area contributed by atoms with Crippen LogP contribution in [0.1, 0.15) is 38.1 Å². The van der Waals surface area contributed by atoms with Crippen LogP contribution in [0.2, 0.25) is 10.0 Å². The second kappa shape index (κ2) is 5.80. The van der Waals surface area contributed by atoms with E-state index in [1.54, 1.807) is 20.8 Å². The van der Waals surface area contributed by atoms with E-state index in [-0.39, 0.29) is 27.1 Å². The van der Waals surface area contributed by atoms with Crippen LogP contribution in [0.4, 0.5) is 10.5 Å². The number of anilines is 1. The summed E-state index contributed by atoms with van der Waals surface area (Å²) >= 11 is 11.7. The second-order valence-electron chi connectivity index (χ2n) is 4.99. The van der Waals surface area contributed by atoms with Gasteiger partial charge in [0.05, 0.1) is 15.7 Å². The van der Waals surface area contributed by atoms with Gasteiger partial charge in [-0.1, -0.05) is 23.2 Å². The van der Waals surface area contributed by atoms with Crippen molar-refractivity contribution in [3.63, 3.8) is 0 Å². The molecular weight excluding hydrogens is 289 g/mol. The summed E-state index contributed by atoms with van der Waals surface area (Å²) in [6, 6.07) is 2.84. The molecule has 4 nitrogen and oxygen atoms in total. The number of hydrogen-bond donors (Lipinski definition) is 1. The Hall–Kier alpha value is -1.26. The molecule has 0 radical (unpaired) electrons. The summed E-state index contributed by atoms with van der Waals surface area (Å²) in [5.41, 5.74) is -0.0761. The Morgan fingerprint density at radius 2 is 1.68 bits per heavy atom. The van der Waals surface area contributed by atoms with Crippen molar-refractivity contribution in [3.05, 3.63) is 27.7 Å². The molecule has 0 aromatic heterocycles. The Labute approximate surface area is 122 Å². The van der Waals surface area contributed by atoms with Gasteiger partial charge in [-0.3, -0.25) is 10.1 Å². The standard InChI is InChI=1S/C13H15Cl2NO3/c1-7(17)8-5-9(14)10(15)6-11(8)16-12(18)19-13(2,3)4/h5-6H,1-4H3,(H,16,18). The largest absolute Gasteiger partial charge is 0.444 e. The summed E-state index contributed by atoms with van der Waals surface area (Å²) in [7, 11) is 0. The first-order valence-electron chi connectivity index (χ1n) is 5.60. The van der Waals surface area contributed by atoms with Crippen LogP contribution in [0, 0.1) is 0 Å². The third-order valence-corrected chi connectivity index (χ3v) is 2.80. The Morgan fingerprint density at radius 3 is 2.16 bits per heavy atom. The van der Waals surface area contributed by atoms with Crippen LogP contribution < -0.4 is 5.32 Å². The normalized spacial score (nSPS) is 11.1. The number of benzene rings is 1. The van der Waals surface area contributed by atoms with Crippen molar-refractivity contribution in [2.75, 3.05) is 5.32 Å². The molecule has 1 aromatic carbocycles. The molecule has 0 heterocycles. The highest BCUT2D eigenvalue weighted by Crippen LogP contribution is 2.29. The highest BCUT2D eigenvalue weighted by molar-refractivity contribution is 6.42. The van der Waals surface area contributed by atoms with Gasteiger partial charge in [-0.2, -0.15) is 0 Å². The summed E-state index contributed by atoms with van der Waals surface area (Å²) in [4.78, 5) is 23.2. The molecule has 0 aliphatic carbocycles. The number of ether oxygens (including phenoxy) is 1. The summed E-state index contributed by atoms with van der Waals surface area (Å²) in [6.07, 6.45) is -0.659. The summed E-state index contributed by atoms with van der Waals surface area (Å²) < 4.78 is 5.11. The van der Waals surface area contributed by atoms with E-state index < -0.39 is 11.7 Å². The topological polar surface area (TPSA) is 55.4 Å². The molecule has 0 saturated carbocycles. The van der Waals surface area contributed by atoms with E-state index in [1.165, 1.54) is 19.1 Å². The van der Waals surface area contributed by atoms with Crippen LogP contribution in [0.25, 0.3) is 0 Å². The number of nitrogens with one attached hydrogen (secondary N) is 1. The first kappa shape index (κ1) is 15.8. The van der Waals surface area contributed by atoms with Crippen molar-refractivity contribution >= 4 is 40.8 Å². The van der Waals surface area contributed by atoms with Gasteiger partial charge in [-0.25, -0.2) is 4.79 Å². The number of hydrogen-bond acceptors (Lipinski definition) is 3. The fourth-order valence-electron chi connectivity index (χ4n) is 1.36. The zero-order valence-electron chi connectivity index (χ0n) is 11.1. The highest BCUT2D eigenvalue weighted by atomic mass is 35.5. The van der Waals surface area contributed by atoms with Crippen molar-refractivity contribution in [1.82, 2.24) is 0 Å². The third-order valence-electron chi connectivity index (χ3n) is 2.08. The quantitative estimate of drug-likeness (QED) is 0.816. The maximum Gasteiger partial charge on any atom is 0.412 e. The Bertz CT molecular complexity index is 521. The average molecular weight is 304 g/mol. The maximum absolute atomic E-state index is 11.7. The maximum atomic E-state index is 11.7. The number of halogens is 2. The monoisotopic (exact) mass is 303 g/mol.